The van der Waals surface area contributed by atoms with E-state index in [1.807, 2.05) is 54.6 Å². The molecule has 1 saturated heterocycles. The number of aliphatic imine (C=N–C) groups is 1. The summed E-state index contributed by atoms with van der Waals surface area (Å²) in [6.07, 6.45) is 0.886. The van der Waals surface area contributed by atoms with Crippen LogP contribution in [0.1, 0.15) is 55.1 Å². The molecule has 2 unspecified atom stereocenters. The van der Waals surface area contributed by atoms with Crippen molar-refractivity contribution in [2.24, 2.45) is 21.7 Å². The second kappa shape index (κ2) is 17.3. The van der Waals surface area contributed by atoms with Crippen molar-refractivity contribution < 1.29 is 44.7 Å². The number of anilines is 1. The molecule has 55 heavy (non-hydrogen) atoms. The number of nitrogens with zero attached hydrogens (tertiary/aromatic N) is 4. The van der Waals surface area contributed by atoms with Gasteiger partial charge in [-0.1, -0.05) is 50.2 Å². The van der Waals surface area contributed by atoms with Gasteiger partial charge in [-0.25, -0.2) is 9.79 Å². The van der Waals surface area contributed by atoms with Crippen molar-refractivity contribution in [2.45, 2.75) is 33.6 Å². The minimum atomic E-state index is -0.921. The number of methoxy groups -OCH3 is 1. The summed E-state index contributed by atoms with van der Waals surface area (Å²) in [6, 6.07) is 22.2. The van der Waals surface area contributed by atoms with Crippen LogP contribution in [0.4, 0.5) is 11.4 Å². The van der Waals surface area contributed by atoms with Crippen molar-refractivity contribution in [1.29, 1.82) is 0 Å². The molecule has 6 rings (SSSR count). The smallest absolute Gasteiger partial charge is 0.337 e. The molecule has 14 nitrogen and oxygen atoms in total. The third-order valence-electron chi connectivity index (χ3n) is 11.3. The van der Waals surface area contributed by atoms with Gasteiger partial charge in [0.05, 0.1) is 47.5 Å². The lowest BCUT2D eigenvalue weighted by Gasteiger charge is -2.36. The Morgan fingerprint density at radius 3 is 2.11 bits per heavy atom. The SMILES string of the molecule is CC1(C(=O)O)CCC(C(=O)O)C1(C)C.COC(=O)c1ccc2c(C(=Nc3ccc(N(C)C(=O)CN4CCN(C)CC4)cc3)c3ccccc3)c(O)[nH]c2c1.O. The Hall–Kier alpha value is -5.57. The van der Waals surface area contributed by atoms with Gasteiger partial charge in [0.15, 0.2) is 5.88 Å². The number of esters is 1. The van der Waals surface area contributed by atoms with Gasteiger partial charge in [0.1, 0.15) is 0 Å². The van der Waals surface area contributed by atoms with E-state index in [9.17, 15) is 24.3 Å². The number of nitrogens with one attached hydrogen (secondary N) is 1. The first-order valence-electron chi connectivity index (χ1n) is 17.9. The number of aromatic nitrogens is 1. The number of aliphatic carboxylic acids is 2. The molecular weight excluding hydrogens is 706 g/mol. The van der Waals surface area contributed by atoms with Crippen LogP contribution in [0.15, 0.2) is 77.8 Å². The number of H-pyrrole nitrogens is 1. The zero-order valence-corrected chi connectivity index (χ0v) is 32.1. The second-order valence-electron chi connectivity index (χ2n) is 14.8. The van der Waals surface area contributed by atoms with Crippen LogP contribution in [-0.4, -0.2) is 119 Å². The van der Waals surface area contributed by atoms with Gasteiger partial charge >= 0.3 is 17.9 Å². The average molecular weight is 758 g/mol. The van der Waals surface area contributed by atoms with Crippen LogP contribution in [0.3, 0.4) is 0 Å². The lowest BCUT2D eigenvalue weighted by Crippen LogP contribution is -2.48. The molecule has 0 spiro atoms. The predicted molar refractivity (Wildman–Crippen MR) is 210 cm³/mol. The first-order valence-corrected chi connectivity index (χ1v) is 17.9. The van der Waals surface area contributed by atoms with E-state index in [4.69, 9.17) is 19.9 Å². The summed E-state index contributed by atoms with van der Waals surface area (Å²) in [4.78, 5) is 61.0. The van der Waals surface area contributed by atoms with Crippen molar-refractivity contribution in [3.8, 4) is 5.88 Å². The highest BCUT2D eigenvalue weighted by Gasteiger charge is 2.58. The highest BCUT2D eigenvalue weighted by molar-refractivity contribution is 6.22. The Balaban J connectivity index is 0.000000380. The minimum Gasteiger partial charge on any atom is -0.494 e. The van der Waals surface area contributed by atoms with Gasteiger partial charge in [0.25, 0.3) is 0 Å². The maximum absolute atomic E-state index is 12.9. The Labute approximate surface area is 320 Å². The van der Waals surface area contributed by atoms with Crippen molar-refractivity contribution in [3.63, 3.8) is 0 Å². The molecule has 0 radical (unpaired) electrons. The van der Waals surface area contributed by atoms with Crippen LogP contribution in [0, 0.1) is 16.7 Å². The molecule has 1 amide bonds. The molecule has 2 fully saturated rings. The number of piperazine rings is 1. The standard InChI is InChI=1S/C31H33N5O4.C10H16O4.H2O/c1-34-15-17-36(18-16-34)20-27(37)35(2)24-12-10-23(11-13-24)32-29(21-7-5-4-6-8-21)28-25-14-9-22(31(39)40-3)19-26(25)33-30(28)38;1-9(2)6(7(11)12)4-5-10(9,3)8(13)14;/h4-14,19,33,38H,15-18,20H2,1-3H3;6H,4-5H2,1-3H3,(H,11,12)(H,13,14);1H2. The van der Waals surface area contributed by atoms with E-state index in [0.717, 1.165) is 42.8 Å². The number of aromatic hydroxyl groups is 1. The van der Waals surface area contributed by atoms with E-state index in [2.05, 4.69) is 21.8 Å². The summed E-state index contributed by atoms with van der Waals surface area (Å²) in [6.45, 7) is 9.18. The van der Waals surface area contributed by atoms with Crippen molar-refractivity contribution in [1.82, 2.24) is 14.8 Å². The molecule has 14 heteroatoms. The summed E-state index contributed by atoms with van der Waals surface area (Å²) < 4.78 is 4.83. The molecule has 1 aliphatic carbocycles. The Kier molecular flexibility index (Phi) is 13.2. The molecule has 0 bridgehead atoms. The van der Waals surface area contributed by atoms with E-state index < -0.39 is 34.7 Å². The number of amides is 1. The molecule has 6 N–H and O–H groups in total. The summed E-state index contributed by atoms with van der Waals surface area (Å²) in [5.74, 6) is -2.80. The van der Waals surface area contributed by atoms with Gasteiger partial charge in [0.2, 0.25) is 5.91 Å². The predicted octanol–water partition coefficient (Wildman–Crippen LogP) is 4.81. The summed E-state index contributed by atoms with van der Waals surface area (Å²) in [5.41, 5.74) is 2.73. The molecule has 4 aromatic rings. The number of benzene rings is 3. The lowest BCUT2D eigenvalue weighted by molar-refractivity contribution is -0.157. The normalized spacial score (nSPS) is 19.8. The fourth-order valence-corrected chi connectivity index (χ4v) is 7.17. The van der Waals surface area contributed by atoms with Crippen LogP contribution in [-0.2, 0) is 19.1 Å². The maximum atomic E-state index is 12.9. The molecule has 2 heterocycles. The lowest BCUT2D eigenvalue weighted by atomic mass is 9.66. The zero-order chi connectivity index (χ0) is 39.4. The number of hydrogen-bond acceptors (Lipinski definition) is 9. The number of carboxylic acids is 2. The largest absolute Gasteiger partial charge is 0.494 e. The van der Waals surface area contributed by atoms with E-state index >= 15 is 0 Å². The number of aromatic amines is 1. The number of ether oxygens (including phenoxy) is 1. The van der Waals surface area contributed by atoms with Gasteiger partial charge in [-0.15, -0.1) is 0 Å². The molecule has 2 aliphatic rings. The van der Waals surface area contributed by atoms with Crippen LogP contribution < -0.4 is 4.90 Å². The molecule has 2 atom stereocenters. The van der Waals surface area contributed by atoms with Crippen molar-refractivity contribution >= 4 is 51.8 Å². The molecular formula is C41H51N5O9. The Morgan fingerprint density at radius 2 is 1.56 bits per heavy atom. The second-order valence-corrected chi connectivity index (χ2v) is 14.8. The van der Waals surface area contributed by atoms with E-state index in [-0.39, 0.29) is 17.3 Å². The fraction of sp³-hybridized carbons (Fsp3) is 0.390. The van der Waals surface area contributed by atoms with E-state index in [1.54, 1.807) is 50.9 Å². The number of rotatable bonds is 9. The number of carbonyl (C=O) groups is 4. The van der Waals surface area contributed by atoms with E-state index in [1.165, 1.54) is 7.11 Å². The Bertz CT molecular complexity index is 2040. The van der Waals surface area contributed by atoms with Gasteiger partial charge in [-0.3, -0.25) is 19.3 Å². The quantitative estimate of drug-likeness (QED) is 0.135. The number of fused-ring (bicyclic) bond motifs is 1. The fourth-order valence-electron chi connectivity index (χ4n) is 7.17. The Morgan fingerprint density at radius 1 is 0.927 bits per heavy atom. The zero-order valence-electron chi connectivity index (χ0n) is 32.1. The third-order valence-corrected chi connectivity index (χ3v) is 11.3. The highest BCUT2D eigenvalue weighted by atomic mass is 16.5. The van der Waals surface area contributed by atoms with Gasteiger partial charge < -0.3 is 40.3 Å². The van der Waals surface area contributed by atoms with Crippen LogP contribution in [0.2, 0.25) is 0 Å². The monoisotopic (exact) mass is 757 g/mol. The first kappa shape index (κ1) is 42.2. The maximum Gasteiger partial charge on any atom is 0.337 e. The van der Waals surface area contributed by atoms with Crippen molar-refractivity contribution in [2.75, 3.05) is 58.8 Å². The number of hydrogen-bond donors (Lipinski definition) is 4. The number of carbonyl (C=O) groups excluding carboxylic acids is 2. The van der Waals surface area contributed by atoms with Crippen LogP contribution in [0.5, 0.6) is 5.88 Å². The molecule has 3 aromatic carbocycles. The van der Waals surface area contributed by atoms with Gasteiger partial charge in [0, 0.05) is 55.4 Å². The minimum absolute atomic E-state index is 0. The molecule has 1 saturated carbocycles. The van der Waals surface area contributed by atoms with Crippen LogP contribution in [0.25, 0.3) is 10.9 Å². The summed E-state index contributed by atoms with van der Waals surface area (Å²) in [5, 5.41) is 29.8. The van der Waals surface area contributed by atoms with Gasteiger partial charge in [-0.2, -0.15) is 0 Å². The highest BCUT2D eigenvalue weighted by Crippen LogP contribution is 2.56. The molecule has 294 valence electrons. The topological polar surface area (TPSA) is 208 Å². The molecule has 1 aromatic heterocycles. The molecule has 1 aliphatic heterocycles. The summed E-state index contributed by atoms with van der Waals surface area (Å²) in [7, 11) is 5.22. The van der Waals surface area contributed by atoms with Crippen molar-refractivity contribution in [3.05, 3.63) is 89.5 Å². The first-order chi connectivity index (χ1) is 25.6. The average Bonchev–Trinajstić information content (AvgIpc) is 3.62. The van der Waals surface area contributed by atoms with E-state index in [0.29, 0.717) is 47.4 Å². The third kappa shape index (κ3) is 8.88. The van der Waals surface area contributed by atoms with Gasteiger partial charge in [-0.05, 0) is 68.6 Å². The van der Waals surface area contributed by atoms with Crippen LogP contribution >= 0.6 is 0 Å². The summed E-state index contributed by atoms with van der Waals surface area (Å²) >= 11 is 0. The number of likely N-dealkylation sites (N-methyl/N-ethyl adjacent to an activating group) is 2. The number of carboxylic acid groups (broad SMARTS) is 2.